The van der Waals surface area contributed by atoms with Gasteiger partial charge in [-0.2, -0.15) is 0 Å². The SMILES string of the molecule is C=CCON(C)[C]=O. The van der Waals surface area contributed by atoms with Gasteiger partial charge < -0.3 is 0 Å². The average Bonchev–Trinajstić information content (AvgIpc) is 1.83. The normalized spacial score (nSPS) is 8.12. The van der Waals surface area contributed by atoms with Crippen molar-refractivity contribution in [3.8, 4) is 0 Å². The molecule has 0 saturated heterocycles. The second-order valence-electron chi connectivity index (χ2n) is 1.17. The predicted molar refractivity (Wildman–Crippen MR) is 29.6 cm³/mol. The second-order valence-corrected chi connectivity index (χ2v) is 1.17. The van der Waals surface area contributed by atoms with Crippen LogP contribution in [0.1, 0.15) is 0 Å². The Hall–Kier alpha value is -0.830. The minimum atomic E-state index is 0.339. The topological polar surface area (TPSA) is 29.5 Å². The fraction of sp³-hybridized carbons (Fsp3) is 0.400. The van der Waals surface area contributed by atoms with E-state index < -0.39 is 0 Å². The Morgan fingerprint density at radius 1 is 2.00 bits per heavy atom. The molecular formula is C5H8NO2. The van der Waals surface area contributed by atoms with Gasteiger partial charge >= 0.3 is 6.41 Å². The van der Waals surface area contributed by atoms with Gasteiger partial charge in [-0.25, -0.2) is 5.06 Å². The molecule has 3 nitrogen and oxygen atoms in total. The number of nitrogens with zero attached hydrogens (tertiary/aromatic N) is 1. The molecule has 3 heteroatoms. The quantitative estimate of drug-likeness (QED) is 0.295. The molecule has 0 unspecified atom stereocenters. The summed E-state index contributed by atoms with van der Waals surface area (Å²) in [6.07, 6.45) is 3.06. The minimum absolute atomic E-state index is 0.339. The van der Waals surface area contributed by atoms with Crippen LogP contribution in [0.3, 0.4) is 0 Å². The van der Waals surface area contributed by atoms with Crippen LogP contribution in [-0.2, 0) is 9.63 Å². The summed E-state index contributed by atoms with van der Waals surface area (Å²) in [5, 5.41) is 0.960. The Labute approximate surface area is 48.5 Å². The van der Waals surface area contributed by atoms with Crippen LogP contribution in [0.25, 0.3) is 0 Å². The number of rotatable bonds is 4. The molecule has 45 valence electrons. The van der Waals surface area contributed by atoms with Crippen LogP contribution < -0.4 is 0 Å². The number of hydrogen-bond donors (Lipinski definition) is 0. The molecular weight excluding hydrogens is 106 g/mol. The van der Waals surface area contributed by atoms with Crippen LogP contribution in [0.4, 0.5) is 0 Å². The summed E-state index contributed by atoms with van der Waals surface area (Å²) in [5.41, 5.74) is 0. The summed E-state index contributed by atoms with van der Waals surface area (Å²) >= 11 is 0. The van der Waals surface area contributed by atoms with Crippen molar-refractivity contribution in [1.29, 1.82) is 0 Å². The number of carbonyl (C=O) groups excluding carboxylic acids is 1. The molecule has 0 N–H and O–H groups in total. The Kier molecular flexibility index (Phi) is 3.88. The van der Waals surface area contributed by atoms with Crippen molar-refractivity contribution in [2.75, 3.05) is 13.7 Å². The van der Waals surface area contributed by atoms with E-state index in [0.717, 1.165) is 5.06 Å². The van der Waals surface area contributed by atoms with E-state index in [4.69, 9.17) is 0 Å². The maximum atomic E-state index is 9.65. The molecule has 0 aliphatic heterocycles. The summed E-state index contributed by atoms with van der Waals surface area (Å²) < 4.78 is 0. The summed E-state index contributed by atoms with van der Waals surface area (Å²) in [4.78, 5) is 14.3. The van der Waals surface area contributed by atoms with Crippen molar-refractivity contribution in [2.45, 2.75) is 0 Å². The number of amides is 1. The highest BCUT2D eigenvalue weighted by Gasteiger charge is 1.88. The molecule has 0 aliphatic carbocycles. The van der Waals surface area contributed by atoms with E-state index in [0.29, 0.717) is 6.61 Å². The molecule has 0 bridgehead atoms. The molecule has 0 saturated carbocycles. The van der Waals surface area contributed by atoms with Crippen molar-refractivity contribution in [1.82, 2.24) is 5.06 Å². The largest absolute Gasteiger partial charge is 0.337 e. The first-order chi connectivity index (χ1) is 3.81. The molecule has 0 aliphatic rings. The van der Waals surface area contributed by atoms with Crippen molar-refractivity contribution < 1.29 is 9.63 Å². The standard InChI is InChI=1S/C5H8NO2/c1-3-4-8-6(2)5-7/h3H,1,4H2,2H3. The Morgan fingerprint density at radius 2 is 2.62 bits per heavy atom. The van der Waals surface area contributed by atoms with Crippen molar-refractivity contribution in [2.24, 2.45) is 0 Å². The lowest BCUT2D eigenvalue weighted by Crippen LogP contribution is -2.15. The number of hydrogen-bond acceptors (Lipinski definition) is 2. The third-order valence-electron chi connectivity index (χ3n) is 0.515. The molecule has 0 heterocycles. The zero-order valence-corrected chi connectivity index (χ0v) is 4.76. The lowest BCUT2D eigenvalue weighted by atomic mass is 10.7. The van der Waals surface area contributed by atoms with Crippen molar-refractivity contribution >= 4 is 6.41 Å². The van der Waals surface area contributed by atoms with E-state index in [9.17, 15) is 4.79 Å². The molecule has 1 amide bonds. The smallest absolute Gasteiger partial charge is 0.267 e. The first-order valence-electron chi connectivity index (χ1n) is 2.16. The maximum absolute atomic E-state index is 9.65. The Balaban J connectivity index is 3.09. The summed E-state index contributed by atoms with van der Waals surface area (Å²) in [6.45, 7) is 3.72. The van der Waals surface area contributed by atoms with Gasteiger partial charge in [0.2, 0.25) is 0 Å². The Bertz CT molecular complexity index is 82.5. The molecule has 0 rings (SSSR count). The van der Waals surface area contributed by atoms with Gasteiger partial charge in [-0.3, -0.25) is 9.63 Å². The first-order valence-corrected chi connectivity index (χ1v) is 2.16. The van der Waals surface area contributed by atoms with E-state index in [1.807, 2.05) is 0 Å². The van der Waals surface area contributed by atoms with E-state index >= 15 is 0 Å². The fourth-order valence-electron chi connectivity index (χ4n) is 0.191. The molecule has 0 fully saturated rings. The van der Waals surface area contributed by atoms with Crippen LogP contribution >= 0.6 is 0 Å². The first kappa shape index (κ1) is 7.17. The summed E-state index contributed by atoms with van der Waals surface area (Å²) in [7, 11) is 1.47. The van der Waals surface area contributed by atoms with Crippen LogP contribution in [0.5, 0.6) is 0 Å². The second kappa shape index (κ2) is 4.33. The van der Waals surface area contributed by atoms with Crippen LogP contribution in [0.2, 0.25) is 0 Å². The molecule has 0 aromatic heterocycles. The zero-order valence-electron chi connectivity index (χ0n) is 4.76. The van der Waals surface area contributed by atoms with E-state index in [2.05, 4.69) is 11.4 Å². The molecule has 0 atom stereocenters. The van der Waals surface area contributed by atoms with Gasteiger partial charge in [0, 0.05) is 7.05 Å². The molecule has 0 aromatic carbocycles. The lowest BCUT2D eigenvalue weighted by Gasteiger charge is -2.05. The van der Waals surface area contributed by atoms with Gasteiger partial charge in [-0.15, -0.1) is 6.58 Å². The van der Waals surface area contributed by atoms with E-state index in [-0.39, 0.29) is 0 Å². The van der Waals surface area contributed by atoms with Crippen molar-refractivity contribution in [3.63, 3.8) is 0 Å². The van der Waals surface area contributed by atoms with Gasteiger partial charge in [-0.1, -0.05) is 6.08 Å². The van der Waals surface area contributed by atoms with Gasteiger partial charge in [-0.05, 0) is 0 Å². The summed E-state index contributed by atoms with van der Waals surface area (Å²) in [5.74, 6) is 0. The monoisotopic (exact) mass is 114 g/mol. The third-order valence-corrected chi connectivity index (χ3v) is 0.515. The van der Waals surface area contributed by atoms with Crippen LogP contribution in [-0.4, -0.2) is 25.1 Å². The molecule has 0 spiro atoms. The molecule has 8 heavy (non-hydrogen) atoms. The average molecular weight is 114 g/mol. The van der Waals surface area contributed by atoms with Gasteiger partial charge in [0.05, 0.1) is 6.61 Å². The predicted octanol–water partition coefficient (Wildman–Crippen LogP) is 0.103. The van der Waals surface area contributed by atoms with E-state index in [1.54, 1.807) is 6.08 Å². The van der Waals surface area contributed by atoms with Crippen LogP contribution in [0, 0.1) is 0 Å². The fourth-order valence-corrected chi connectivity index (χ4v) is 0.191. The van der Waals surface area contributed by atoms with Gasteiger partial charge in [0.15, 0.2) is 0 Å². The molecule has 0 aromatic rings. The summed E-state index contributed by atoms with van der Waals surface area (Å²) in [6, 6.07) is 0. The third kappa shape index (κ3) is 3.36. The maximum Gasteiger partial charge on any atom is 0.337 e. The molecule has 1 radical (unpaired) electrons. The highest BCUT2D eigenvalue weighted by molar-refractivity contribution is 5.45. The van der Waals surface area contributed by atoms with E-state index in [1.165, 1.54) is 13.5 Å². The highest BCUT2D eigenvalue weighted by Crippen LogP contribution is 1.77. The zero-order chi connectivity index (χ0) is 6.41. The lowest BCUT2D eigenvalue weighted by molar-refractivity contribution is -0.0654. The Morgan fingerprint density at radius 3 is 3.00 bits per heavy atom. The van der Waals surface area contributed by atoms with Gasteiger partial charge in [0.1, 0.15) is 0 Å². The van der Waals surface area contributed by atoms with Crippen LogP contribution in [0.15, 0.2) is 12.7 Å². The van der Waals surface area contributed by atoms with Crippen molar-refractivity contribution in [3.05, 3.63) is 12.7 Å². The minimum Gasteiger partial charge on any atom is -0.267 e. The highest BCUT2D eigenvalue weighted by atomic mass is 16.7. The number of hydroxylamine groups is 2. The van der Waals surface area contributed by atoms with Gasteiger partial charge in [0.25, 0.3) is 0 Å².